The summed E-state index contributed by atoms with van der Waals surface area (Å²) in [6.07, 6.45) is 5.87. The summed E-state index contributed by atoms with van der Waals surface area (Å²) in [5.74, 6) is 1.30. The molecule has 17 heavy (non-hydrogen) atoms. The quantitative estimate of drug-likeness (QED) is 0.753. The molecule has 3 heteroatoms. The monoisotopic (exact) mass is 241 g/mol. The molecule has 0 aromatic carbocycles. The zero-order valence-electron chi connectivity index (χ0n) is 11.4. The van der Waals surface area contributed by atoms with Crippen LogP contribution >= 0.6 is 0 Å². The first-order valence-corrected chi connectivity index (χ1v) is 6.96. The Morgan fingerprint density at radius 1 is 1.47 bits per heavy atom. The van der Waals surface area contributed by atoms with Crippen molar-refractivity contribution >= 4 is 5.97 Å². The molecule has 4 atom stereocenters. The second-order valence-corrected chi connectivity index (χ2v) is 5.68. The number of hydrogen-bond acceptors (Lipinski definition) is 3. The number of rotatable bonds is 5. The third-order valence-electron chi connectivity index (χ3n) is 4.04. The molecule has 1 rings (SSSR count). The Hall–Kier alpha value is -0.570. The highest BCUT2D eigenvalue weighted by Crippen LogP contribution is 2.28. The van der Waals surface area contributed by atoms with E-state index in [-0.39, 0.29) is 11.9 Å². The van der Waals surface area contributed by atoms with Crippen molar-refractivity contribution in [3.05, 3.63) is 0 Å². The minimum absolute atomic E-state index is 0.202. The van der Waals surface area contributed by atoms with Crippen molar-refractivity contribution in [3.63, 3.8) is 0 Å². The van der Waals surface area contributed by atoms with Crippen molar-refractivity contribution < 1.29 is 9.53 Å². The minimum Gasteiger partial charge on any atom is -0.464 e. The molecule has 1 aliphatic carbocycles. The maximum Gasteiger partial charge on any atom is 0.323 e. The van der Waals surface area contributed by atoms with E-state index in [1.807, 2.05) is 13.8 Å². The van der Waals surface area contributed by atoms with Crippen molar-refractivity contribution in [2.75, 3.05) is 6.61 Å². The van der Waals surface area contributed by atoms with Crippen LogP contribution < -0.4 is 5.73 Å². The minimum atomic E-state index is -0.457. The Labute approximate surface area is 105 Å². The van der Waals surface area contributed by atoms with Gasteiger partial charge in [0.25, 0.3) is 0 Å². The zero-order valence-corrected chi connectivity index (χ0v) is 11.4. The number of hydrogen-bond donors (Lipinski definition) is 1. The molecule has 3 unspecified atom stereocenters. The number of carbonyl (C=O) groups is 1. The summed E-state index contributed by atoms with van der Waals surface area (Å²) in [6, 6.07) is -0.457. The smallest absolute Gasteiger partial charge is 0.323 e. The van der Waals surface area contributed by atoms with E-state index in [0.29, 0.717) is 12.5 Å². The Kier molecular flexibility index (Phi) is 5.96. The summed E-state index contributed by atoms with van der Waals surface area (Å²) in [5.41, 5.74) is 5.84. The largest absolute Gasteiger partial charge is 0.464 e. The van der Waals surface area contributed by atoms with Gasteiger partial charge in [0.05, 0.1) is 6.61 Å². The molecule has 1 saturated carbocycles. The zero-order chi connectivity index (χ0) is 12.8. The standard InChI is InChI=1S/C14H27NO2/c1-4-11(3)13(15)14(16)17-9-12-7-5-6-10(2)8-12/h10-13H,4-9,15H2,1-3H3/t10?,11?,12?,13-/m0/s1. The normalized spacial score (nSPS) is 28.5. The lowest BCUT2D eigenvalue weighted by atomic mass is 9.83. The van der Waals surface area contributed by atoms with Crippen LogP contribution in [-0.2, 0) is 9.53 Å². The van der Waals surface area contributed by atoms with Gasteiger partial charge in [0.15, 0.2) is 0 Å². The van der Waals surface area contributed by atoms with Crippen LogP contribution in [0.2, 0.25) is 0 Å². The highest BCUT2D eigenvalue weighted by molar-refractivity contribution is 5.75. The van der Waals surface area contributed by atoms with Gasteiger partial charge in [-0.15, -0.1) is 0 Å². The van der Waals surface area contributed by atoms with E-state index in [9.17, 15) is 4.79 Å². The van der Waals surface area contributed by atoms with Crippen LogP contribution in [0.25, 0.3) is 0 Å². The lowest BCUT2D eigenvalue weighted by molar-refractivity contribution is -0.148. The fourth-order valence-electron chi connectivity index (χ4n) is 2.49. The summed E-state index contributed by atoms with van der Waals surface area (Å²) in [7, 11) is 0. The van der Waals surface area contributed by atoms with E-state index in [4.69, 9.17) is 10.5 Å². The molecule has 0 amide bonds. The molecule has 0 aliphatic heterocycles. The maximum atomic E-state index is 11.7. The molecule has 0 aromatic heterocycles. The third-order valence-corrected chi connectivity index (χ3v) is 4.04. The van der Waals surface area contributed by atoms with Crippen LogP contribution in [-0.4, -0.2) is 18.6 Å². The average molecular weight is 241 g/mol. The van der Waals surface area contributed by atoms with E-state index in [2.05, 4.69) is 6.92 Å². The molecule has 2 N–H and O–H groups in total. The fourth-order valence-corrected chi connectivity index (χ4v) is 2.49. The van der Waals surface area contributed by atoms with Gasteiger partial charge in [0, 0.05) is 0 Å². The summed E-state index contributed by atoms with van der Waals surface area (Å²) in [5, 5.41) is 0. The van der Waals surface area contributed by atoms with Crippen molar-refractivity contribution in [3.8, 4) is 0 Å². The number of ether oxygens (including phenoxy) is 1. The highest BCUT2D eigenvalue weighted by atomic mass is 16.5. The maximum absolute atomic E-state index is 11.7. The van der Waals surface area contributed by atoms with Crippen molar-refractivity contribution in [2.24, 2.45) is 23.5 Å². The summed E-state index contributed by atoms with van der Waals surface area (Å²) < 4.78 is 5.35. The van der Waals surface area contributed by atoms with Gasteiger partial charge in [0.1, 0.15) is 6.04 Å². The lowest BCUT2D eigenvalue weighted by Gasteiger charge is -2.27. The second kappa shape index (κ2) is 7.00. The lowest BCUT2D eigenvalue weighted by Crippen LogP contribution is -2.38. The third kappa shape index (κ3) is 4.66. The van der Waals surface area contributed by atoms with Gasteiger partial charge in [-0.3, -0.25) is 4.79 Å². The highest BCUT2D eigenvalue weighted by Gasteiger charge is 2.24. The SMILES string of the molecule is CCC(C)[C@H](N)C(=O)OCC1CCCC(C)C1. The first-order chi connectivity index (χ1) is 8.04. The number of esters is 1. The van der Waals surface area contributed by atoms with Gasteiger partial charge < -0.3 is 10.5 Å². The van der Waals surface area contributed by atoms with E-state index in [1.54, 1.807) is 0 Å². The van der Waals surface area contributed by atoms with Crippen LogP contribution in [0.1, 0.15) is 52.9 Å². The molecule has 0 heterocycles. The van der Waals surface area contributed by atoms with Gasteiger partial charge in [-0.1, -0.05) is 40.0 Å². The van der Waals surface area contributed by atoms with Crippen molar-refractivity contribution in [2.45, 2.75) is 58.9 Å². The van der Waals surface area contributed by atoms with Gasteiger partial charge in [-0.05, 0) is 30.6 Å². The molecule has 3 nitrogen and oxygen atoms in total. The van der Waals surface area contributed by atoms with Crippen molar-refractivity contribution in [1.82, 2.24) is 0 Å². The Morgan fingerprint density at radius 2 is 2.18 bits per heavy atom. The Bertz CT molecular complexity index is 242. The molecule has 0 saturated heterocycles. The second-order valence-electron chi connectivity index (χ2n) is 5.68. The van der Waals surface area contributed by atoms with E-state index in [0.717, 1.165) is 12.3 Å². The van der Waals surface area contributed by atoms with E-state index >= 15 is 0 Å². The van der Waals surface area contributed by atoms with E-state index < -0.39 is 6.04 Å². The van der Waals surface area contributed by atoms with Gasteiger partial charge in [0.2, 0.25) is 0 Å². The first kappa shape index (κ1) is 14.5. The molecule has 0 aromatic rings. The molecule has 0 radical (unpaired) electrons. The molecule has 0 bridgehead atoms. The molecular weight excluding hydrogens is 214 g/mol. The summed E-state index contributed by atoms with van der Waals surface area (Å²) >= 11 is 0. The molecule has 1 fully saturated rings. The fraction of sp³-hybridized carbons (Fsp3) is 0.929. The van der Waals surface area contributed by atoms with Gasteiger partial charge in [-0.25, -0.2) is 0 Å². The van der Waals surface area contributed by atoms with Crippen LogP contribution in [0.15, 0.2) is 0 Å². The summed E-state index contributed by atoms with van der Waals surface area (Å²) in [6.45, 7) is 6.88. The predicted molar refractivity (Wildman–Crippen MR) is 69.5 cm³/mol. The van der Waals surface area contributed by atoms with Gasteiger partial charge in [-0.2, -0.15) is 0 Å². The van der Waals surface area contributed by atoms with Crippen LogP contribution in [0, 0.1) is 17.8 Å². The van der Waals surface area contributed by atoms with Crippen molar-refractivity contribution in [1.29, 1.82) is 0 Å². The Balaban J connectivity index is 2.27. The summed E-state index contributed by atoms with van der Waals surface area (Å²) in [4.78, 5) is 11.7. The molecular formula is C14H27NO2. The predicted octanol–water partition coefficient (Wildman–Crippen LogP) is 2.73. The van der Waals surface area contributed by atoms with E-state index in [1.165, 1.54) is 25.7 Å². The Morgan fingerprint density at radius 3 is 2.76 bits per heavy atom. The number of carbonyl (C=O) groups excluding carboxylic acids is 1. The molecule has 0 spiro atoms. The first-order valence-electron chi connectivity index (χ1n) is 6.96. The van der Waals surface area contributed by atoms with Gasteiger partial charge >= 0.3 is 5.97 Å². The molecule has 1 aliphatic rings. The average Bonchev–Trinajstić information content (AvgIpc) is 2.34. The van der Waals surface area contributed by atoms with Crippen LogP contribution in [0.4, 0.5) is 0 Å². The van der Waals surface area contributed by atoms with Crippen LogP contribution in [0.3, 0.4) is 0 Å². The van der Waals surface area contributed by atoms with Crippen LogP contribution in [0.5, 0.6) is 0 Å². The number of nitrogens with two attached hydrogens (primary N) is 1. The molecule has 100 valence electrons. The topological polar surface area (TPSA) is 52.3 Å².